The van der Waals surface area contributed by atoms with Gasteiger partial charge in [-0.15, -0.1) is 11.3 Å². The number of hydrogen-bond acceptors (Lipinski definition) is 5. The van der Waals surface area contributed by atoms with Crippen LogP contribution in [0.4, 0.5) is 0 Å². The lowest BCUT2D eigenvalue weighted by molar-refractivity contribution is 0.420. The maximum Gasteiger partial charge on any atom is 0.178 e. The largest absolute Gasteiger partial charge is 0.355 e. The average molecular weight is 221 g/mol. The lowest BCUT2D eigenvalue weighted by atomic mass is 10.3. The first-order valence-corrected chi connectivity index (χ1v) is 5.87. The molecule has 2 aromatic rings. The molecule has 3 rings (SSSR count). The van der Waals surface area contributed by atoms with E-state index in [2.05, 4.69) is 15.5 Å². The van der Waals surface area contributed by atoms with Gasteiger partial charge in [0.1, 0.15) is 0 Å². The molecule has 15 heavy (non-hydrogen) atoms. The van der Waals surface area contributed by atoms with Gasteiger partial charge >= 0.3 is 0 Å². The quantitative estimate of drug-likeness (QED) is 0.858. The van der Waals surface area contributed by atoms with Gasteiger partial charge in [-0.25, -0.2) is 0 Å². The van der Waals surface area contributed by atoms with E-state index in [1.165, 1.54) is 12.8 Å². The van der Waals surface area contributed by atoms with Gasteiger partial charge in [0.2, 0.25) is 0 Å². The Morgan fingerprint density at radius 1 is 1.53 bits per heavy atom. The van der Waals surface area contributed by atoms with Gasteiger partial charge in [-0.1, -0.05) is 5.16 Å². The van der Waals surface area contributed by atoms with Crippen LogP contribution in [-0.2, 0) is 6.54 Å². The van der Waals surface area contributed by atoms with Gasteiger partial charge < -0.3 is 9.84 Å². The van der Waals surface area contributed by atoms with E-state index in [1.807, 2.05) is 6.07 Å². The predicted molar refractivity (Wildman–Crippen MR) is 57.5 cm³/mol. The van der Waals surface area contributed by atoms with Gasteiger partial charge in [0.05, 0.1) is 16.1 Å². The number of nitrogens with zero attached hydrogens (tertiary/aromatic N) is 2. The van der Waals surface area contributed by atoms with Crippen LogP contribution >= 0.6 is 11.3 Å². The highest BCUT2D eigenvalue weighted by Crippen LogP contribution is 2.24. The monoisotopic (exact) mass is 221 g/mol. The number of aromatic nitrogens is 2. The fraction of sp³-hybridized carbons (Fsp3) is 0.400. The summed E-state index contributed by atoms with van der Waals surface area (Å²) in [4.78, 5) is 5.04. The summed E-state index contributed by atoms with van der Waals surface area (Å²) in [5.41, 5.74) is 2.75. The molecule has 5 heteroatoms. The molecule has 0 unspecified atom stereocenters. The highest BCUT2D eigenvalue weighted by atomic mass is 32.1. The van der Waals surface area contributed by atoms with E-state index in [9.17, 15) is 0 Å². The molecular weight excluding hydrogens is 210 g/mol. The summed E-state index contributed by atoms with van der Waals surface area (Å²) in [5.74, 6) is 0.810. The lowest BCUT2D eigenvalue weighted by Crippen LogP contribution is -2.15. The number of rotatable bonds is 4. The van der Waals surface area contributed by atoms with Crippen molar-refractivity contribution in [3.63, 3.8) is 0 Å². The molecule has 1 aliphatic rings. The van der Waals surface area contributed by atoms with E-state index in [1.54, 1.807) is 23.0 Å². The van der Waals surface area contributed by atoms with Gasteiger partial charge in [-0.2, -0.15) is 0 Å². The maximum absolute atomic E-state index is 5.24. The van der Waals surface area contributed by atoms with Crippen LogP contribution in [0.3, 0.4) is 0 Å². The van der Waals surface area contributed by atoms with E-state index >= 15 is 0 Å². The molecule has 0 amide bonds. The minimum Gasteiger partial charge on any atom is -0.355 e. The summed E-state index contributed by atoms with van der Waals surface area (Å²) in [6.07, 6.45) is 4.38. The van der Waals surface area contributed by atoms with Crippen LogP contribution in [0.25, 0.3) is 10.6 Å². The molecule has 0 atom stereocenters. The van der Waals surface area contributed by atoms with Crippen LogP contribution in [0.5, 0.6) is 0 Å². The van der Waals surface area contributed by atoms with Crippen molar-refractivity contribution < 1.29 is 4.52 Å². The molecule has 2 aromatic heterocycles. The SMILES string of the molecule is c1ncc(-c2cc(CNC3CC3)no2)s1. The second-order valence-corrected chi connectivity index (χ2v) is 4.59. The first kappa shape index (κ1) is 9.06. The van der Waals surface area contributed by atoms with E-state index < -0.39 is 0 Å². The van der Waals surface area contributed by atoms with Crippen molar-refractivity contribution in [2.75, 3.05) is 0 Å². The van der Waals surface area contributed by atoms with Crippen molar-refractivity contribution in [3.05, 3.63) is 23.5 Å². The molecule has 0 aliphatic heterocycles. The Kier molecular flexibility index (Phi) is 2.26. The van der Waals surface area contributed by atoms with Gasteiger partial charge in [0, 0.05) is 24.8 Å². The van der Waals surface area contributed by atoms with E-state index in [0.717, 1.165) is 22.9 Å². The average Bonchev–Trinajstić information content (AvgIpc) is 2.78. The molecule has 1 fully saturated rings. The Hall–Kier alpha value is -1.20. The summed E-state index contributed by atoms with van der Waals surface area (Å²) in [6.45, 7) is 0.799. The Morgan fingerprint density at radius 3 is 3.20 bits per heavy atom. The molecule has 1 N–H and O–H groups in total. The maximum atomic E-state index is 5.24. The van der Waals surface area contributed by atoms with Crippen LogP contribution in [0.15, 0.2) is 22.3 Å². The fourth-order valence-corrected chi connectivity index (χ4v) is 1.95. The smallest absolute Gasteiger partial charge is 0.178 e. The molecule has 0 bridgehead atoms. The second kappa shape index (κ2) is 3.75. The van der Waals surface area contributed by atoms with Crippen LogP contribution in [0.1, 0.15) is 18.5 Å². The second-order valence-electron chi connectivity index (χ2n) is 3.70. The Balaban J connectivity index is 1.69. The molecule has 2 heterocycles. The summed E-state index contributed by atoms with van der Waals surface area (Å²) >= 11 is 1.56. The minimum absolute atomic E-state index is 0.702. The Morgan fingerprint density at radius 2 is 2.47 bits per heavy atom. The van der Waals surface area contributed by atoms with Crippen molar-refractivity contribution >= 4 is 11.3 Å². The number of nitrogens with one attached hydrogen (secondary N) is 1. The Bertz CT molecular complexity index is 433. The first-order valence-electron chi connectivity index (χ1n) is 4.99. The van der Waals surface area contributed by atoms with Gasteiger partial charge in [0.25, 0.3) is 0 Å². The fourth-order valence-electron chi connectivity index (χ4n) is 1.39. The molecule has 0 radical (unpaired) electrons. The normalized spacial score (nSPS) is 15.7. The van der Waals surface area contributed by atoms with Crippen LogP contribution < -0.4 is 5.32 Å². The van der Waals surface area contributed by atoms with E-state index in [4.69, 9.17) is 4.52 Å². The van der Waals surface area contributed by atoms with Crippen LogP contribution in [0.2, 0.25) is 0 Å². The third kappa shape index (κ3) is 2.08. The zero-order chi connectivity index (χ0) is 10.1. The number of hydrogen-bond donors (Lipinski definition) is 1. The zero-order valence-electron chi connectivity index (χ0n) is 8.14. The highest BCUT2D eigenvalue weighted by Gasteiger charge is 2.20. The standard InChI is InChI=1S/C10H11N3OS/c1-2-7(1)12-4-8-3-9(14-13-8)10-5-11-6-15-10/h3,5-7,12H,1-2,4H2. The van der Waals surface area contributed by atoms with Crippen molar-refractivity contribution in [3.8, 4) is 10.6 Å². The van der Waals surface area contributed by atoms with E-state index in [0.29, 0.717) is 6.04 Å². The van der Waals surface area contributed by atoms with Crippen LogP contribution in [-0.4, -0.2) is 16.2 Å². The van der Waals surface area contributed by atoms with Crippen molar-refractivity contribution in [1.82, 2.24) is 15.5 Å². The summed E-state index contributed by atoms with van der Waals surface area (Å²) in [5, 5.41) is 7.41. The summed E-state index contributed by atoms with van der Waals surface area (Å²) in [6, 6.07) is 2.68. The molecule has 1 aliphatic carbocycles. The lowest BCUT2D eigenvalue weighted by Gasteiger charge is -1.95. The molecule has 1 saturated carbocycles. The van der Waals surface area contributed by atoms with Gasteiger partial charge in [-0.05, 0) is 12.8 Å². The minimum atomic E-state index is 0.702. The summed E-state index contributed by atoms with van der Waals surface area (Å²) in [7, 11) is 0. The molecular formula is C10H11N3OS. The van der Waals surface area contributed by atoms with Crippen molar-refractivity contribution in [1.29, 1.82) is 0 Å². The molecule has 4 nitrogen and oxygen atoms in total. The molecule has 0 spiro atoms. The van der Waals surface area contributed by atoms with Crippen LogP contribution in [0, 0.1) is 0 Å². The third-order valence-corrected chi connectivity index (χ3v) is 3.17. The topological polar surface area (TPSA) is 51.0 Å². The first-order chi connectivity index (χ1) is 7.42. The van der Waals surface area contributed by atoms with Gasteiger partial charge in [0.15, 0.2) is 5.76 Å². The summed E-state index contributed by atoms with van der Waals surface area (Å²) < 4.78 is 5.24. The number of thiazole rings is 1. The van der Waals surface area contributed by atoms with Crippen molar-refractivity contribution in [2.24, 2.45) is 0 Å². The van der Waals surface area contributed by atoms with Gasteiger partial charge in [-0.3, -0.25) is 4.98 Å². The zero-order valence-corrected chi connectivity index (χ0v) is 8.96. The molecule has 0 aromatic carbocycles. The Labute approximate surface area is 91.3 Å². The van der Waals surface area contributed by atoms with Crippen molar-refractivity contribution in [2.45, 2.75) is 25.4 Å². The molecule has 78 valence electrons. The third-order valence-electron chi connectivity index (χ3n) is 2.38. The highest BCUT2D eigenvalue weighted by molar-refractivity contribution is 7.13. The predicted octanol–water partition coefficient (Wildman–Crippen LogP) is 2.05. The van der Waals surface area contributed by atoms with E-state index in [-0.39, 0.29) is 0 Å². The molecule has 0 saturated heterocycles.